The molecule has 1 aromatic heterocycles. The monoisotopic (exact) mass is 245 g/mol. The molecule has 18 heavy (non-hydrogen) atoms. The summed E-state index contributed by atoms with van der Waals surface area (Å²) in [6.45, 7) is 8.88. The van der Waals surface area contributed by atoms with Crippen molar-refractivity contribution < 1.29 is 4.42 Å². The lowest BCUT2D eigenvalue weighted by Gasteiger charge is -2.04. The molecule has 0 aliphatic rings. The number of nitrogens with one attached hydrogen (secondary N) is 1. The summed E-state index contributed by atoms with van der Waals surface area (Å²) in [4.78, 5) is 0. The second kappa shape index (κ2) is 5.31. The van der Waals surface area contributed by atoms with E-state index in [4.69, 9.17) is 4.42 Å². The maximum absolute atomic E-state index is 5.67. The standard InChI is InChI=1S/C14H19N3O/c1-9(2)15-8-13-16-17-14(18-13)12-7-10(3)5-6-11(12)4/h5-7,9,15H,8H2,1-4H3. The number of nitrogens with zero attached hydrogens (tertiary/aromatic N) is 2. The van der Waals surface area contributed by atoms with Gasteiger partial charge >= 0.3 is 0 Å². The molecular weight excluding hydrogens is 226 g/mol. The summed E-state index contributed by atoms with van der Waals surface area (Å²) in [5, 5.41) is 11.4. The lowest BCUT2D eigenvalue weighted by Crippen LogP contribution is -2.21. The van der Waals surface area contributed by atoms with Gasteiger partial charge in [0.25, 0.3) is 0 Å². The first-order valence-electron chi connectivity index (χ1n) is 6.19. The topological polar surface area (TPSA) is 51.0 Å². The summed E-state index contributed by atoms with van der Waals surface area (Å²) in [7, 11) is 0. The van der Waals surface area contributed by atoms with Gasteiger partial charge in [0.1, 0.15) is 0 Å². The number of hydrogen-bond donors (Lipinski definition) is 1. The van der Waals surface area contributed by atoms with Crippen LogP contribution in [0.4, 0.5) is 0 Å². The van der Waals surface area contributed by atoms with Gasteiger partial charge in [-0.15, -0.1) is 10.2 Å². The van der Waals surface area contributed by atoms with Crippen LogP contribution in [0.5, 0.6) is 0 Å². The van der Waals surface area contributed by atoms with E-state index in [1.54, 1.807) is 0 Å². The summed E-state index contributed by atoms with van der Waals surface area (Å²) in [6.07, 6.45) is 0. The number of aromatic nitrogens is 2. The van der Waals surface area contributed by atoms with E-state index >= 15 is 0 Å². The molecule has 2 rings (SSSR count). The van der Waals surface area contributed by atoms with Crippen LogP contribution in [-0.2, 0) is 6.54 Å². The van der Waals surface area contributed by atoms with Gasteiger partial charge < -0.3 is 9.73 Å². The minimum atomic E-state index is 0.404. The Hall–Kier alpha value is -1.68. The summed E-state index contributed by atoms with van der Waals surface area (Å²) in [6, 6.07) is 6.63. The van der Waals surface area contributed by atoms with Gasteiger partial charge in [-0.25, -0.2) is 0 Å². The van der Waals surface area contributed by atoms with Crippen LogP contribution in [0.3, 0.4) is 0 Å². The first kappa shape index (κ1) is 12.8. The molecule has 0 atom stereocenters. The third-order valence-electron chi connectivity index (χ3n) is 2.75. The van der Waals surface area contributed by atoms with Crippen molar-refractivity contribution in [3.05, 3.63) is 35.2 Å². The zero-order valence-electron chi connectivity index (χ0n) is 11.3. The van der Waals surface area contributed by atoms with Crippen LogP contribution >= 0.6 is 0 Å². The maximum atomic E-state index is 5.67. The van der Waals surface area contributed by atoms with E-state index in [1.165, 1.54) is 5.56 Å². The van der Waals surface area contributed by atoms with Crippen LogP contribution in [0.15, 0.2) is 22.6 Å². The summed E-state index contributed by atoms with van der Waals surface area (Å²) >= 11 is 0. The number of rotatable bonds is 4. The summed E-state index contributed by atoms with van der Waals surface area (Å²) in [5.41, 5.74) is 3.35. The molecule has 1 heterocycles. The van der Waals surface area contributed by atoms with Crippen molar-refractivity contribution in [1.82, 2.24) is 15.5 Å². The minimum absolute atomic E-state index is 0.404. The van der Waals surface area contributed by atoms with Crippen molar-refractivity contribution in [3.8, 4) is 11.5 Å². The quantitative estimate of drug-likeness (QED) is 0.900. The molecule has 96 valence electrons. The van der Waals surface area contributed by atoms with Gasteiger partial charge in [-0.05, 0) is 25.5 Å². The molecule has 0 aliphatic carbocycles. The molecular formula is C14H19N3O. The molecule has 0 bridgehead atoms. The van der Waals surface area contributed by atoms with Crippen molar-refractivity contribution in [2.45, 2.75) is 40.3 Å². The Bertz CT molecular complexity index is 532. The third kappa shape index (κ3) is 2.96. The molecule has 0 amide bonds. The summed E-state index contributed by atoms with van der Waals surface area (Å²) < 4.78 is 5.67. The van der Waals surface area contributed by atoms with Crippen LogP contribution in [0.2, 0.25) is 0 Å². The van der Waals surface area contributed by atoms with Crippen LogP contribution in [0, 0.1) is 13.8 Å². The summed E-state index contributed by atoms with van der Waals surface area (Å²) in [5.74, 6) is 1.22. The fourth-order valence-electron chi connectivity index (χ4n) is 1.69. The Morgan fingerprint density at radius 3 is 2.72 bits per heavy atom. The molecule has 1 N–H and O–H groups in total. The van der Waals surface area contributed by atoms with E-state index in [9.17, 15) is 0 Å². The van der Waals surface area contributed by atoms with E-state index < -0.39 is 0 Å². The Morgan fingerprint density at radius 2 is 2.00 bits per heavy atom. The predicted octanol–water partition coefficient (Wildman–Crippen LogP) is 2.85. The average Bonchev–Trinajstić information content (AvgIpc) is 2.78. The highest BCUT2D eigenvalue weighted by Gasteiger charge is 2.11. The highest BCUT2D eigenvalue weighted by molar-refractivity contribution is 5.59. The van der Waals surface area contributed by atoms with E-state index in [0.717, 1.165) is 11.1 Å². The highest BCUT2D eigenvalue weighted by atomic mass is 16.4. The third-order valence-corrected chi connectivity index (χ3v) is 2.75. The van der Waals surface area contributed by atoms with Crippen LogP contribution in [0.1, 0.15) is 30.9 Å². The molecule has 4 nitrogen and oxygen atoms in total. The molecule has 0 spiro atoms. The maximum Gasteiger partial charge on any atom is 0.248 e. The molecule has 1 aromatic carbocycles. The fourth-order valence-corrected chi connectivity index (χ4v) is 1.69. The van der Waals surface area contributed by atoms with Gasteiger partial charge in [-0.2, -0.15) is 0 Å². The smallest absolute Gasteiger partial charge is 0.248 e. The SMILES string of the molecule is Cc1ccc(C)c(-c2nnc(CNC(C)C)o2)c1. The van der Waals surface area contributed by atoms with Gasteiger partial charge in [0.05, 0.1) is 6.54 Å². The van der Waals surface area contributed by atoms with Gasteiger partial charge in [-0.3, -0.25) is 0 Å². The van der Waals surface area contributed by atoms with Gasteiger partial charge in [0, 0.05) is 11.6 Å². The van der Waals surface area contributed by atoms with Crippen molar-refractivity contribution >= 4 is 0 Å². The molecule has 0 saturated heterocycles. The highest BCUT2D eigenvalue weighted by Crippen LogP contribution is 2.23. The zero-order valence-corrected chi connectivity index (χ0v) is 11.3. The molecule has 0 fully saturated rings. The molecule has 2 aromatic rings. The van der Waals surface area contributed by atoms with E-state index in [0.29, 0.717) is 24.4 Å². The Labute approximate surface area is 107 Å². The second-order valence-corrected chi connectivity index (χ2v) is 4.85. The molecule has 0 radical (unpaired) electrons. The van der Waals surface area contributed by atoms with E-state index in [-0.39, 0.29) is 0 Å². The van der Waals surface area contributed by atoms with Crippen molar-refractivity contribution in [1.29, 1.82) is 0 Å². The Kier molecular flexibility index (Phi) is 3.77. The van der Waals surface area contributed by atoms with Gasteiger partial charge in [-0.1, -0.05) is 31.5 Å². The van der Waals surface area contributed by atoms with Crippen LogP contribution in [-0.4, -0.2) is 16.2 Å². The fraction of sp³-hybridized carbons (Fsp3) is 0.429. The lowest BCUT2D eigenvalue weighted by molar-refractivity contribution is 0.458. The number of aryl methyl sites for hydroxylation is 2. The molecule has 0 aliphatic heterocycles. The molecule has 4 heteroatoms. The van der Waals surface area contributed by atoms with Crippen LogP contribution in [0.25, 0.3) is 11.5 Å². The van der Waals surface area contributed by atoms with E-state index in [1.807, 2.05) is 6.92 Å². The van der Waals surface area contributed by atoms with Crippen molar-refractivity contribution in [3.63, 3.8) is 0 Å². The van der Waals surface area contributed by atoms with Crippen LogP contribution < -0.4 is 5.32 Å². The number of benzene rings is 1. The Morgan fingerprint density at radius 1 is 1.22 bits per heavy atom. The molecule has 0 unspecified atom stereocenters. The zero-order chi connectivity index (χ0) is 13.1. The predicted molar refractivity (Wildman–Crippen MR) is 71.2 cm³/mol. The van der Waals surface area contributed by atoms with Gasteiger partial charge in [0.2, 0.25) is 11.8 Å². The normalized spacial score (nSPS) is 11.2. The Balaban J connectivity index is 2.21. The van der Waals surface area contributed by atoms with Crippen molar-refractivity contribution in [2.24, 2.45) is 0 Å². The number of hydrogen-bond acceptors (Lipinski definition) is 4. The van der Waals surface area contributed by atoms with E-state index in [2.05, 4.69) is 54.5 Å². The first-order valence-corrected chi connectivity index (χ1v) is 6.19. The van der Waals surface area contributed by atoms with Gasteiger partial charge in [0.15, 0.2) is 0 Å². The van der Waals surface area contributed by atoms with Crippen molar-refractivity contribution in [2.75, 3.05) is 0 Å². The first-order chi connectivity index (χ1) is 8.56. The molecule has 0 saturated carbocycles. The second-order valence-electron chi connectivity index (χ2n) is 4.85. The minimum Gasteiger partial charge on any atom is -0.419 e. The average molecular weight is 245 g/mol. The lowest BCUT2D eigenvalue weighted by atomic mass is 10.1. The largest absolute Gasteiger partial charge is 0.419 e.